The van der Waals surface area contributed by atoms with Crippen molar-refractivity contribution in [3.63, 3.8) is 0 Å². The van der Waals surface area contributed by atoms with Gasteiger partial charge in [-0.2, -0.15) is 18.3 Å². The number of carbonyl (C=O) groups is 1. The van der Waals surface area contributed by atoms with Crippen LogP contribution in [0.15, 0.2) is 48.8 Å². The number of likely N-dealkylation sites (N-methyl/N-ethyl adjacent to an activating group) is 1. The lowest BCUT2D eigenvalue weighted by Crippen LogP contribution is -2.27. The number of alkyl halides is 3. The molecular weight excluding hydrogens is 497 g/mol. The molecule has 0 fully saturated rings. The first-order valence-electron chi connectivity index (χ1n) is 11.8. The molecule has 0 saturated carbocycles. The quantitative estimate of drug-likeness (QED) is 0.245. The van der Waals surface area contributed by atoms with E-state index in [0.29, 0.717) is 30.0 Å². The molecule has 0 saturated heterocycles. The number of nitrogens with one attached hydrogen (secondary N) is 2. The molecule has 2 aromatic carbocycles. The van der Waals surface area contributed by atoms with E-state index < -0.39 is 17.6 Å². The summed E-state index contributed by atoms with van der Waals surface area (Å²) in [6.45, 7) is 4.75. The molecule has 3 aromatic rings. The maximum Gasteiger partial charge on any atom is 0.416 e. The fourth-order valence-corrected chi connectivity index (χ4v) is 3.69. The lowest BCUT2D eigenvalue weighted by molar-refractivity contribution is -0.137. The highest BCUT2D eigenvalue weighted by molar-refractivity contribution is 6.05. The van der Waals surface area contributed by atoms with E-state index in [2.05, 4.69) is 15.7 Å². The Morgan fingerprint density at radius 1 is 1.13 bits per heavy atom. The standard InChI is InChI=1S/C26H33F3N8O/c1-16-6-7-18(10-24(16)37(31)15-23(30)22-14-33-36(5)17(22)2)25(38)34-21-12-19(26(27,28)29)11-20(13-21)32-8-9-35(3)4/h6-7,10-15,32H,8-9,30-31H2,1-5H3,(H,34,38)/b23-15-. The summed E-state index contributed by atoms with van der Waals surface area (Å²) < 4.78 is 42.2. The van der Waals surface area contributed by atoms with Crippen molar-refractivity contribution in [2.24, 2.45) is 18.6 Å². The van der Waals surface area contributed by atoms with E-state index in [9.17, 15) is 18.0 Å². The average Bonchev–Trinajstić information content (AvgIpc) is 3.16. The van der Waals surface area contributed by atoms with Gasteiger partial charge in [0.1, 0.15) is 0 Å². The van der Waals surface area contributed by atoms with Crippen LogP contribution >= 0.6 is 0 Å². The lowest BCUT2D eigenvalue weighted by atomic mass is 10.1. The molecule has 3 rings (SSSR count). The molecule has 0 unspecified atom stereocenters. The number of nitrogens with zero attached hydrogens (tertiary/aromatic N) is 4. The molecule has 0 aliphatic carbocycles. The van der Waals surface area contributed by atoms with Gasteiger partial charge in [-0.3, -0.25) is 14.5 Å². The summed E-state index contributed by atoms with van der Waals surface area (Å²) in [4.78, 5) is 14.9. The smallest absolute Gasteiger partial charge is 0.397 e. The number of nitrogens with two attached hydrogens (primary N) is 2. The third kappa shape index (κ3) is 7.05. The van der Waals surface area contributed by atoms with E-state index >= 15 is 0 Å². The normalized spacial score (nSPS) is 12.1. The Hall–Kier alpha value is -4.03. The van der Waals surface area contributed by atoms with Crippen LogP contribution in [0.5, 0.6) is 0 Å². The number of benzene rings is 2. The van der Waals surface area contributed by atoms with Gasteiger partial charge in [-0.1, -0.05) is 6.07 Å². The zero-order valence-electron chi connectivity index (χ0n) is 22.0. The number of hydrazine groups is 1. The minimum absolute atomic E-state index is 0.0140. The van der Waals surface area contributed by atoms with Crippen LogP contribution in [-0.2, 0) is 13.2 Å². The monoisotopic (exact) mass is 530 g/mol. The number of amides is 1. The Balaban J connectivity index is 1.85. The zero-order chi connectivity index (χ0) is 28.2. The number of halogens is 3. The van der Waals surface area contributed by atoms with Gasteiger partial charge in [0.05, 0.1) is 23.1 Å². The molecule has 1 aromatic heterocycles. The highest BCUT2D eigenvalue weighted by atomic mass is 19.4. The molecule has 0 bridgehead atoms. The number of aromatic nitrogens is 2. The molecule has 0 spiro atoms. The Morgan fingerprint density at radius 2 is 1.82 bits per heavy atom. The van der Waals surface area contributed by atoms with Crippen LogP contribution in [0.3, 0.4) is 0 Å². The first-order chi connectivity index (χ1) is 17.8. The first-order valence-corrected chi connectivity index (χ1v) is 11.8. The highest BCUT2D eigenvalue weighted by Crippen LogP contribution is 2.33. The molecule has 1 heterocycles. The van der Waals surface area contributed by atoms with Crippen LogP contribution in [-0.4, -0.2) is 47.8 Å². The summed E-state index contributed by atoms with van der Waals surface area (Å²) >= 11 is 0. The maximum absolute atomic E-state index is 13.5. The predicted octanol–water partition coefficient (Wildman–Crippen LogP) is 3.92. The fourth-order valence-electron chi connectivity index (χ4n) is 3.69. The van der Waals surface area contributed by atoms with Gasteiger partial charge in [0.25, 0.3) is 5.91 Å². The van der Waals surface area contributed by atoms with Gasteiger partial charge in [-0.05, 0) is 63.8 Å². The van der Waals surface area contributed by atoms with E-state index in [1.807, 2.05) is 32.8 Å². The molecule has 38 heavy (non-hydrogen) atoms. The Kier molecular flexibility index (Phi) is 8.69. The molecule has 0 atom stereocenters. The van der Waals surface area contributed by atoms with Crippen LogP contribution in [0.2, 0.25) is 0 Å². The number of rotatable bonds is 9. The van der Waals surface area contributed by atoms with Gasteiger partial charge >= 0.3 is 6.18 Å². The fraction of sp³-hybridized carbons (Fsp3) is 0.308. The molecule has 1 amide bonds. The van der Waals surface area contributed by atoms with Gasteiger partial charge < -0.3 is 21.3 Å². The molecule has 0 radical (unpaired) electrons. The highest BCUT2D eigenvalue weighted by Gasteiger charge is 2.31. The van der Waals surface area contributed by atoms with Crippen molar-refractivity contribution in [1.82, 2.24) is 14.7 Å². The van der Waals surface area contributed by atoms with E-state index in [1.165, 1.54) is 17.3 Å². The summed E-state index contributed by atoms with van der Waals surface area (Å²) in [7, 11) is 5.52. The average molecular weight is 531 g/mol. The van der Waals surface area contributed by atoms with E-state index in [4.69, 9.17) is 11.6 Å². The number of hydrogen-bond acceptors (Lipinski definition) is 7. The van der Waals surface area contributed by atoms with Crippen LogP contribution in [0.4, 0.5) is 30.2 Å². The third-order valence-corrected chi connectivity index (χ3v) is 5.98. The predicted molar refractivity (Wildman–Crippen MR) is 144 cm³/mol. The van der Waals surface area contributed by atoms with Crippen molar-refractivity contribution in [2.45, 2.75) is 20.0 Å². The first kappa shape index (κ1) is 28.5. The molecule has 204 valence electrons. The van der Waals surface area contributed by atoms with Crippen molar-refractivity contribution >= 4 is 28.7 Å². The van der Waals surface area contributed by atoms with Crippen LogP contribution in [0.25, 0.3) is 5.70 Å². The van der Waals surface area contributed by atoms with Crippen molar-refractivity contribution in [1.29, 1.82) is 0 Å². The van der Waals surface area contributed by atoms with Gasteiger partial charge in [0.15, 0.2) is 0 Å². The molecule has 6 N–H and O–H groups in total. The molecule has 0 aliphatic rings. The topological polar surface area (TPSA) is 117 Å². The van der Waals surface area contributed by atoms with Crippen LogP contribution in [0.1, 0.15) is 32.7 Å². The number of anilines is 3. The van der Waals surface area contributed by atoms with E-state index in [0.717, 1.165) is 23.4 Å². The van der Waals surface area contributed by atoms with Crippen molar-refractivity contribution in [2.75, 3.05) is 42.8 Å². The number of carbonyl (C=O) groups excluding carboxylic acids is 1. The molecule has 12 heteroatoms. The van der Waals surface area contributed by atoms with E-state index in [1.54, 1.807) is 36.1 Å². The second-order valence-electron chi connectivity index (χ2n) is 9.24. The summed E-state index contributed by atoms with van der Waals surface area (Å²) in [6, 6.07) is 8.20. The van der Waals surface area contributed by atoms with E-state index in [-0.39, 0.29) is 16.9 Å². The van der Waals surface area contributed by atoms with Crippen LogP contribution in [0, 0.1) is 13.8 Å². The summed E-state index contributed by atoms with van der Waals surface area (Å²) in [6.07, 6.45) is -1.42. The van der Waals surface area contributed by atoms with Crippen molar-refractivity contribution in [3.8, 4) is 0 Å². The minimum atomic E-state index is -4.57. The third-order valence-electron chi connectivity index (χ3n) is 5.98. The summed E-state index contributed by atoms with van der Waals surface area (Å²) in [5, 5.41) is 11.0. The van der Waals surface area contributed by atoms with Crippen molar-refractivity contribution in [3.05, 3.63) is 76.7 Å². The van der Waals surface area contributed by atoms with Gasteiger partial charge in [0, 0.05) is 54.5 Å². The summed E-state index contributed by atoms with van der Waals surface area (Å²) in [5.41, 5.74) is 9.04. The summed E-state index contributed by atoms with van der Waals surface area (Å²) in [5.74, 6) is 5.66. The second kappa shape index (κ2) is 11.6. The number of hydrogen-bond donors (Lipinski definition) is 4. The number of aryl methyl sites for hydroxylation is 2. The zero-order valence-corrected chi connectivity index (χ0v) is 22.0. The maximum atomic E-state index is 13.5. The lowest BCUT2D eigenvalue weighted by Gasteiger charge is -2.19. The van der Waals surface area contributed by atoms with Gasteiger partial charge in [-0.15, -0.1) is 0 Å². The second-order valence-corrected chi connectivity index (χ2v) is 9.24. The molecule has 9 nitrogen and oxygen atoms in total. The Morgan fingerprint density at radius 3 is 2.42 bits per heavy atom. The van der Waals surface area contributed by atoms with Gasteiger partial charge in [-0.25, -0.2) is 5.84 Å². The van der Waals surface area contributed by atoms with Crippen LogP contribution < -0.4 is 27.2 Å². The van der Waals surface area contributed by atoms with Crippen molar-refractivity contribution < 1.29 is 18.0 Å². The SMILES string of the molecule is Cc1ccc(C(=O)Nc2cc(NCCN(C)C)cc(C(F)(F)F)c2)cc1N(N)/C=C(\N)c1cnn(C)c1C. The Labute approximate surface area is 219 Å². The molecule has 0 aliphatic heterocycles. The minimum Gasteiger partial charge on any atom is -0.397 e. The van der Waals surface area contributed by atoms with Gasteiger partial charge in [0.2, 0.25) is 0 Å². The molecular formula is C26H33F3N8O. The largest absolute Gasteiger partial charge is 0.416 e. The Bertz CT molecular complexity index is 1330.